The van der Waals surface area contributed by atoms with Crippen molar-refractivity contribution < 1.29 is 0 Å². The second kappa shape index (κ2) is 2.71. The van der Waals surface area contributed by atoms with Crippen LogP contribution in [0.1, 0.15) is 6.92 Å². The molecule has 11 heavy (non-hydrogen) atoms. The van der Waals surface area contributed by atoms with Crippen LogP contribution in [0.15, 0.2) is 23.4 Å². The molecule has 1 aliphatic heterocycles. The maximum absolute atomic E-state index is 4.02. The number of rotatable bonds is 0. The monoisotopic (exact) mass is 167 g/mol. The predicted molar refractivity (Wildman–Crippen MR) is 46.3 cm³/mol. The molecule has 1 atom stereocenters. The number of aromatic nitrogens is 1. The van der Waals surface area contributed by atoms with Crippen molar-refractivity contribution in [2.24, 2.45) is 0 Å². The van der Waals surface area contributed by atoms with Crippen LogP contribution < -0.4 is 10.0 Å². The molecule has 1 aromatic rings. The van der Waals surface area contributed by atoms with Gasteiger partial charge in [-0.3, -0.25) is 4.98 Å². The molecule has 2 N–H and O–H groups in total. The van der Waals surface area contributed by atoms with Gasteiger partial charge in [0.05, 0.1) is 16.7 Å². The van der Waals surface area contributed by atoms with E-state index in [1.165, 1.54) is 0 Å². The second-order valence-electron chi connectivity index (χ2n) is 2.46. The quantitative estimate of drug-likeness (QED) is 0.573. The Morgan fingerprint density at radius 1 is 1.64 bits per heavy atom. The fourth-order valence-electron chi connectivity index (χ4n) is 0.995. The van der Waals surface area contributed by atoms with Crippen LogP contribution >= 0.6 is 11.9 Å². The molecule has 2 rings (SSSR count). The van der Waals surface area contributed by atoms with Crippen molar-refractivity contribution in [3.63, 3.8) is 0 Å². The van der Waals surface area contributed by atoms with Crippen LogP contribution in [0.3, 0.4) is 0 Å². The van der Waals surface area contributed by atoms with Gasteiger partial charge in [0.15, 0.2) is 0 Å². The lowest BCUT2D eigenvalue weighted by Crippen LogP contribution is -2.31. The van der Waals surface area contributed by atoms with Crippen molar-refractivity contribution in [1.82, 2.24) is 9.71 Å². The lowest BCUT2D eigenvalue weighted by molar-refractivity contribution is 0.771. The molecule has 0 aromatic carbocycles. The van der Waals surface area contributed by atoms with Gasteiger partial charge in [-0.05, 0) is 24.9 Å². The summed E-state index contributed by atoms with van der Waals surface area (Å²) in [5.41, 5.74) is 1.16. The zero-order valence-corrected chi connectivity index (χ0v) is 6.98. The minimum atomic E-state index is 0.329. The van der Waals surface area contributed by atoms with E-state index in [4.69, 9.17) is 0 Å². The average molecular weight is 167 g/mol. The van der Waals surface area contributed by atoms with Crippen molar-refractivity contribution >= 4 is 17.6 Å². The molecular weight excluding hydrogens is 158 g/mol. The topological polar surface area (TPSA) is 37.0 Å². The molecule has 0 fully saturated rings. The van der Waals surface area contributed by atoms with Crippen molar-refractivity contribution in [2.75, 3.05) is 5.32 Å². The van der Waals surface area contributed by atoms with Crippen LogP contribution in [0.25, 0.3) is 0 Å². The molecular formula is C7H9N3S. The van der Waals surface area contributed by atoms with Gasteiger partial charge in [0, 0.05) is 12.4 Å². The number of anilines is 1. The highest BCUT2D eigenvalue weighted by Gasteiger charge is 2.12. The van der Waals surface area contributed by atoms with Gasteiger partial charge >= 0.3 is 0 Å². The van der Waals surface area contributed by atoms with Crippen molar-refractivity contribution in [3.05, 3.63) is 18.5 Å². The Morgan fingerprint density at radius 2 is 2.55 bits per heavy atom. The summed E-state index contributed by atoms with van der Waals surface area (Å²) in [6.07, 6.45) is 3.98. The van der Waals surface area contributed by atoms with E-state index in [0.717, 1.165) is 10.6 Å². The largest absolute Gasteiger partial charge is 0.368 e. The van der Waals surface area contributed by atoms with Gasteiger partial charge in [-0.15, -0.1) is 0 Å². The molecule has 4 heteroatoms. The SMILES string of the molecule is CC1NSc2cnccc2N1. The molecule has 0 saturated carbocycles. The molecule has 1 aliphatic rings. The number of hydrogen-bond donors (Lipinski definition) is 2. The normalized spacial score (nSPS) is 22.1. The Balaban J connectivity index is 2.34. The third-order valence-corrected chi connectivity index (χ3v) is 2.52. The smallest absolute Gasteiger partial charge is 0.0834 e. The van der Waals surface area contributed by atoms with Gasteiger partial charge in [-0.2, -0.15) is 0 Å². The number of hydrogen-bond acceptors (Lipinski definition) is 4. The summed E-state index contributed by atoms with van der Waals surface area (Å²) in [5, 5.41) is 3.29. The van der Waals surface area contributed by atoms with Gasteiger partial charge in [0.1, 0.15) is 0 Å². The molecule has 0 saturated heterocycles. The zero-order chi connectivity index (χ0) is 7.68. The van der Waals surface area contributed by atoms with Crippen LogP contribution in [0.5, 0.6) is 0 Å². The summed E-state index contributed by atoms with van der Waals surface area (Å²) in [4.78, 5) is 5.18. The van der Waals surface area contributed by atoms with Crippen molar-refractivity contribution in [2.45, 2.75) is 18.0 Å². The van der Waals surface area contributed by atoms with Crippen LogP contribution in [-0.2, 0) is 0 Å². The summed E-state index contributed by atoms with van der Waals surface area (Å²) < 4.78 is 3.20. The highest BCUT2D eigenvalue weighted by Crippen LogP contribution is 2.27. The van der Waals surface area contributed by atoms with Crippen LogP contribution in [-0.4, -0.2) is 11.1 Å². The summed E-state index contributed by atoms with van der Waals surface area (Å²) in [7, 11) is 0. The second-order valence-corrected chi connectivity index (χ2v) is 3.34. The summed E-state index contributed by atoms with van der Waals surface area (Å²) in [6, 6.07) is 1.99. The first-order valence-corrected chi connectivity index (χ1v) is 4.31. The van der Waals surface area contributed by atoms with E-state index in [2.05, 4.69) is 21.9 Å². The zero-order valence-electron chi connectivity index (χ0n) is 6.16. The molecule has 0 amide bonds. The van der Waals surface area contributed by atoms with Gasteiger partial charge in [-0.25, -0.2) is 4.72 Å². The fourth-order valence-corrected chi connectivity index (χ4v) is 1.71. The third-order valence-electron chi connectivity index (χ3n) is 1.50. The van der Waals surface area contributed by atoms with Crippen LogP contribution in [0.2, 0.25) is 0 Å². The number of nitrogens with one attached hydrogen (secondary N) is 2. The highest BCUT2D eigenvalue weighted by molar-refractivity contribution is 7.97. The molecule has 0 aliphatic carbocycles. The van der Waals surface area contributed by atoms with E-state index in [-0.39, 0.29) is 0 Å². The highest BCUT2D eigenvalue weighted by atomic mass is 32.2. The molecule has 0 radical (unpaired) electrons. The molecule has 0 spiro atoms. The first-order valence-electron chi connectivity index (χ1n) is 3.49. The first-order chi connectivity index (χ1) is 5.36. The van der Waals surface area contributed by atoms with E-state index in [1.807, 2.05) is 12.3 Å². The number of pyridine rings is 1. The van der Waals surface area contributed by atoms with E-state index in [0.29, 0.717) is 6.17 Å². The predicted octanol–water partition coefficient (Wildman–Crippen LogP) is 1.45. The van der Waals surface area contributed by atoms with Crippen molar-refractivity contribution in [1.29, 1.82) is 0 Å². The van der Waals surface area contributed by atoms with Gasteiger partial charge in [-0.1, -0.05) is 0 Å². The summed E-state index contributed by atoms with van der Waals surface area (Å²) in [5.74, 6) is 0. The Kier molecular flexibility index (Phi) is 1.71. The van der Waals surface area contributed by atoms with Gasteiger partial charge in [0.2, 0.25) is 0 Å². The lowest BCUT2D eigenvalue weighted by Gasteiger charge is -2.23. The maximum atomic E-state index is 4.02. The third kappa shape index (κ3) is 1.32. The molecule has 3 nitrogen and oxygen atoms in total. The Bertz CT molecular complexity index is 264. The minimum Gasteiger partial charge on any atom is -0.368 e. The van der Waals surface area contributed by atoms with Gasteiger partial charge in [0.25, 0.3) is 0 Å². The van der Waals surface area contributed by atoms with E-state index in [9.17, 15) is 0 Å². The molecule has 58 valence electrons. The number of nitrogens with zero attached hydrogens (tertiary/aromatic N) is 1. The lowest BCUT2D eigenvalue weighted by atomic mass is 10.4. The molecule has 1 unspecified atom stereocenters. The molecule has 1 aromatic heterocycles. The standard InChI is InChI=1S/C7H9N3S/c1-5-9-6-2-3-8-4-7(6)11-10-5/h2-5,9-10H,1H3. The number of fused-ring (bicyclic) bond motifs is 1. The van der Waals surface area contributed by atoms with Crippen LogP contribution in [0.4, 0.5) is 5.69 Å². The molecule has 2 heterocycles. The summed E-state index contributed by atoms with van der Waals surface area (Å²) in [6.45, 7) is 2.08. The van der Waals surface area contributed by atoms with Crippen LogP contribution in [0, 0.1) is 0 Å². The summed E-state index contributed by atoms with van der Waals surface area (Å²) >= 11 is 1.62. The van der Waals surface area contributed by atoms with E-state index < -0.39 is 0 Å². The first kappa shape index (κ1) is 6.94. The Morgan fingerprint density at radius 3 is 3.45 bits per heavy atom. The minimum absolute atomic E-state index is 0.329. The maximum Gasteiger partial charge on any atom is 0.0834 e. The Labute approximate surface area is 69.7 Å². The van der Waals surface area contributed by atoms with E-state index >= 15 is 0 Å². The van der Waals surface area contributed by atoms with Gasteiger partial charge < -0.3 is 5.32 Å². The average Bonchev–Trinajstić information content (AvgIpc) is 2.04. The van der Waals surface area contributed by atoms with E-state index in [1.54, 1.807) is 18.1 Å². The Hall–Kier alpha value is -0.740. The van der Waals surface area contributed by atoms with Crippen molar-refractivity contribution in [3.8, 4) is 0 Å². The molecule has 0 bridgehead atoms. The fraction of sp³-hybridized carbons (Fsp3) is 0.286.